The molecule has 0 bridgehead atoms. The van der Waals surface area contributed by atoms with Gasteiger partial charge in [-0.25, -0.2) is 14.4 Å². The molecular formula is C31H30FN5O3. The van der Waals surface area contributed by atoms with Gasteiger partial charge in [0.2, 0.25) is 5.43 Å². The Kier molecular flexibility index (Phi) is 7.46. The van der Waals surface area contributed by atoms with E-state index in [1.165, 1.54) is 12.4 Å². The first-order chi connectivity index (χ1) is 19.2. The Hall–Kier alpha value is -4.79. The van der Waals surface area contributed by atoms with Crippen LogP contribution in [0.4, 0.5) is 16.0 Å². The van der Waals surface area contributed by atoms with E-state index in [0.29, 0.717) is 57.8 Å². The van der Waals surface area contributed by atoms with Crippen molar-refractivity contribution < 1.29 is 13.5 Å². The molecule has 0 spiro atoms. The molecule has 4 N–H and O–H groups in total. The van der Waals surface area contributed by atoms with Crippen molar-refractivity contribution in [3.8, 4) is 5.75 Å². The van der Waals surface area contributed by atoms with Crippen molar-refractivity contribution in [1.29, 1.82) is 5.41 Å². The van der Waals surface area contributed by atoms with Crippen LogP contribution >= 0.6 is 0 Å². The summed E-state index contributed by atoms with van der Waals surface area (Å²) in [6, 6.07) is 13.5. The van der Waals surface area contributed by atoms with Gasteiger partial charge >= 0.3 is 0 Å². The molecule has 0 radical (unpaired) electrons. The maximum absolute atomic E-state index is 14.3. The molecule has 2 heterocycles. The predicted octanol–water partition coefficient (Wildman–Crippen LogP) is 6.57. The molecule has 0 saturated carbocycles. The number of ether oxygens (including phenoxy) is 1. The lowest BCUT2D eigenvalue weighted by Gasteiger charge is -2.21. The van der Waals surface area contributed by atoms with Crippen molar-refractivity contribution in [1.82, 2.24) is 9.97 Å². The Bertz CT molecular complexity index is 1710. The van der Waals surface area contributed by atoms with E-state index in [1.807, 2.05) is 26.8 Å². The molecule has 8 nitrogen and oxygen atoms in total. The largest absolute Gasteiger partial charge is 0.491 e. The minimum absolute atomic E-state index is 0.0252. The Morgan fingerprint density at radius 3 is 2.60 bits per heavy atom. The van der Waals surface area contributed by atoms with Gasteiger partial charge in [0, 0.05) is 12.0 Å². The molecule has 40 heavy (non-hydrogen) atoms. The van der Waals surface area contributed by atoms with Crippen molar-refractivity contribution in [2.24, 2.45) is 0 Å². The summed E-state index contributed by atoms with van der Waals surface area (Å²) in [6.45, 7) is 5.69. The third-order valence-corrected chi connectivity index (χ3v) is 6.56. The number of allylic oxidation sites excluding steroid dienone is 4. The zero-order chi connectivity index (χ0) is 28.4. The van der Waals surface area contributed by atoms with E-state index < -0.39 is 6.04 Å². The fourth-order valence-corrected chi connectivity index (χ4v) is 4.72. The lowest BCUT2D eigenvalue weighted by atomic mass is 9.94. The van der Waals surface area contributed by atoms with Crippen molar-refractivity contribution in [2.75, 3.05) is 11.1 Å². The Morgan fingerprint density at radius 1 is 1.12 bits per heavy atom. The van der Waals surface area contributed by atoms with E-state index in [0.717, 1.165) is 0 Å². The second-order valence-electron chi connectivity index (χ2n) is 9.87. The number of para-hydroxylation sites is 1. The van der Waals surface area contributed by atoms with Crippen LogP contribution < -0.4 is 21.2 Å². The van der Waals surface area contributed by atoms with Crippen LogP contribution in [0.1, 0.15) is 62.1 Å². The molecule has 1 atom stereocenters. The lowest BCUT2D eigenvalue weighted by Crippen LogP contribution is -2.20. The van der Waals surface area contributed by atoms with Crippen molar-refractivity contribution in [3.05, 3.63) is 106 Å². The van der Waals surface area contributed by atoms with Gasteiger partial charge in [-0.05, 0) is 75.2 Å². The van der Waals surface area contributed by atoms with Crippen LogP contribution in [0.25, 0.3) is 16.5 Å². The third kappa shape index (κ3) is 5.36. The minimum Gasteiger partial charge on any atom is -0.491 e. The lowest BCUT2D eigenvalue weighted by molar-refractivity contribution is 0.242. The summed E-state index contributed by atoms with van der Waals surface area (Å²) < 4.78 is 26.3. The summed E-state index contributed by atoms with van der Waals surface area (Å²) in [5.41, 5.74) is 8.19. The van der Waals surface area contributed by atoms with Crippen LogP contribution in [0.5, 0.6) is 5.75 Å². The number of hydrogen-bond donors (Lipinski definition) is 3. The summed E-state index contributed by atoms with van der Waals surface area (Å²) in [5.74, 6) is 1.15. The van der Waals surface area contributed by atoms with E-state index in [-0.39, 0.29) is 34.5 Å². The molecule has 4 aromatic rings. The smallest absolute Gasteiger partial charge is 0.200 e. The van der Waals surface area contributed by atoms with Crippen LogP contribution in [-0.2, 0) is 0 Å². The molecule has 204 valence electrons. The number of nitrogens with one attached hydrogen (secondary N) is 2. The molecule has 2 aromatic carbocycles. The van der Waals surface area contributed by atoms with E-state index in [9.17, 15) is 9.18 Å². The van der Waals surface area contributed by atoms with Gasteiger partial charge in [0.1, 0.15) is 40.9 Å². The molecule has 0 saturated heterocycles. The molecule has 0 amide bonds. The van der Waals surface area contributed by atoms with Gasteiger partial charge in [-0.15, -0.1) is 0 Å². The minimum atomic E-state index is -0.603. The Labute approximate surface area is 230 Å². The van der Waals surface area contributed by atoms with Gasteiger partial charge in [0.05, 0.1) is 34.4 Å². The predicted molar refractivity (Wildman–Crippen MR) is 156 cm³/mol. The molecule has 5 rings (SSSR count). The summed E-state index contributed by atoms with van der Waals surface area (Å²) >= 11 is 0. The second kappa shape index (κ2) is 11.1. The number of anilines is 2. The SMILES string of the molecule is CC(C)Oc1ccc(C(=N)c2c(N)ncnc2NC(C)c2oc3ccccc3c(=O)c2C2=CCCC(F)=C2)cc1. The van der Waals surface area contributed by atoms with Crippen molar-refractivity contribution >= 4 is 33.9 Å². The van der Waals surface area contributed by atoms with Gasteiger partial charge in [0.25, 0.3) is 0 Å². The van der Waals surface area contributed by atoms with Gasteiger partial charge < -0.3 is 20.2 Å². The highest BCUT2D eigenvalue weighted by Crippen LogP contribution is 2.33. The normalized spacial score (nSPS) is 14.0. The Morgan fingerprint density at radius 2 is 1.88 bits per heavy atom. The maximum Gasteiger partial charge on any atom is 0.200 e. The van der Waals surface area contributed by atoms with Crippen LogP contribution in [0.3, 0.4) is 0 Å². The first kappa shape index (κ1) is 26.8. The van der Waals surface area contributed by atoms with Gasteiger partial charge in [-0.2, -0.15) is 0 Å². The highest BCUT2D eigenvalue weighted by molar-refractivity contribution is 6.16. The van der Waals surface area contributed by atoms with Crippen LogP contribution in [0.2, 0.25) is 0 Å². The maximum atomic E-state index is 14.3. The number of nitrogen functional groups attached to an aromatic ring is 1. The van der Waals surface area contributed by atoms with E-state index >= 15 is 0 Å². The highest BCUT2D eigenvalue weighted by atomic mass is 19.1. The molecule has 1 aliphatic carbocycles. The highest BCUT2D eigenvalue weighted by Gasteiger charge is 2.25. The number of hydrogen-bond acceptors (Lipinski definition) is 8. The average molecular weight is 540 g/mol. The molecule has 1 aliphatic rings. The quantitative estimate of drug-likeness (QED) is 0.216. The van der Waals surface area contributed by atoms with Crippen LogP contribution in [0, 0.1) is 5.41 Å². The summed E-state index contributed by atoms with van der Waals surface area (Å²) in [4.78, 5) is 22.1. The number of aromatic nitrogens is 2. The fourth-order valence-electron chi connectivity index (χ4n) is 4.72. The number of nitrogens with zero attached hydrogens (tertiary/aromatic N) is 2. The summed E-state index contributed by atoms with van der Waals surface area (Å²) in [7, 11) is 0. The molecular weight excluding hydrogens is 509 g/mol. The number of benzene rings is 2. The van der Waals surface area contributed by atoms with Gasteiger partial charge in [-0.3, -0.25) is 10.2 Å². The summed E-state index contributed by atoms with van der Waals surface area (Å²) in [6.07, 6.45) is 5.34. The van der Waals surface area contributed by atoms with Crippen LogP contribution in [-0.4, -0.2) is 21.8 Å². The van der Waals surface area contributed by atoms with Crippen LogP contribution in [0.15, 0.2) is 82.0 Å². The topological polar surface area (TPSA) is 127 Å². The monoisotopic (exact) mass is 539 g/mol. The van der Waals surface area contributed by atoms with Gasteiger partial charge in [0.15, 0.2) is 0 Å². The average Bonchev–Trinajstić information content (AvgIpc) is 2.93. The molecule has 9 heteroatoms. The van der Waals surface area contributed by atoms with E-state index in [1.54, 1.807) is 48.5 Å². The molecule has 1 unspecified atom stereocenters. The van der Waals surface area contributed by atoms with E-state index in [4.69, 9.17) is 20.3 Å². The number of nitrogens with two attached hydrogens (primary N) is 1. The number of halogens is 1. The fraction of sp³-hybridized carbons (Fsp3) is 0.226. The summed E-state index contributed by atoms with van der Waals surface area (Å²) in [5, 5.41) is 12.6. The number of fused-ring (bicyclic) bond motifs is 1. The number of rotatable bonds is 8. The van der Waals surface area contributed by atoms with E-state index in [2.05, 4.69) is 15.3 Å². The zero-order valence-corrected chi connectivity index (χ0v) is 22.5. The standard InChI is InChI=1S/C31H30FN5O3/c1-17(2)39-22-13-11-19(12-14-22)27(33)26-30(34)35-16-36-31(26)37-18(3)29-25(20-7-6-8-21(32)15-20)28(38)23-9-4-5-10-24(23)40-29/h4-5,7,9-18,33H,6,8H2,1-3H3,(H3,34,35,36,37). The first-order valence-corrected chi connectivity index (χ1v) is 13.1. The van der Waals surface area contributed by atoms with Crippen molar-refractivity contribution in [2.45, 2.75) is 45.8 Å². The molecule has 0 aliphatic heterocycles. The van der Waals surface area contributed by atoms with Gasteiger partial charge in [-0.1, -0.05) is 18.2 Å². The first-order valence-electron chi connectivity index (χ1n) is 13.1. The molecule has 0 fully saturated rings. The molecule has 2 aromatic heterocycles. The Balaban J connectivity index is 1.55. The van der Waals surface area contributed by atoms with Crippen molar-refractivity contribution in [3.63, 3.8) is 0 Å². The third-order valence-electron chi connectivity index (χ3n) is 6.56. The zero-order valence-electron chi connectivity index (χ0n) is 22.5. The second-order valence-corrected chi connectivity index (χ2v) is 9.87.